The van der Waals surface area contributed by atoms with Crippen LogP contribution in [0.15, 0.2) is 42.6 Å². The summed E-state index contributed by atoms with van der Waals surface area (Å²) in [5, 5.41) is 2.97. The molecule has 144 valence electrons. The van der Waals surface area contributed by atoms with Crippen molar-refractivity contribution >= 4 is 11.7 Å². The van der Waals surface area contributed by atoms with Gasteiger partial charge in [0, 0.05) is 45.3 Å². The molecule has 0 bridgehead atoms. The van der Waals surface area contributed by atoms with Crippen molar-refractivity contribution in [2.45, 2.75) is 19.4 Å². The van der Waals surface area contributed by atoms with E-state index in [-0.39, 0.29) is 5.91 Å². The molecule has 1 aliphatic heterocycles. The number of hydrogen-bond donors (Lipinski definition) is 1. The standard InChI is InChI=1S/C21H28N4O2/c1-24-11-13-25(14-12-24)20-9-5-18(15-22-20)16-23-21(26)10-6-17-3-7-19(27-2)8-4-17/h3-5,7-9,15H,6,10-14,16H2,1-2H3,(H,23,26). The first-order chi connectivity index (χ1) is 13.1. The van der Waals surface area contributed by atoms with Gasteiger partial charge < -0.3 is 19.9 Å². The zero-order valence-corrected chi connectivity index (χ0v) is 16.1. The maximum Gasteiger partial charge on any atom is 0.220 e. The molecule has 0 aliphatic carbocycles. The van der Waals surface area contributed by atoms with Crippen LogP contribution >= 0.6 is 0 Å². The molecule has 0 spiro atoms. The molecule has 0 unspecified atom stereocenters. The Morgan fingerprint density at radius 2 is 1.78 bits per heavy atom. The Morgan fingerprint density at radius 1 is 1.07 bits per heavy atom. The highest BCUT2D eigenvalue weighted by Crippen LogP contribution is 2.14. The largest absolute Gasteiger partial charge is 0.497 e. The molecular formula is C21H28N4O2. The van der Waals surface area contributed by atoms with Gasteiger partial charge in [0.25, 0.3) is 0 Å². The van der Waals surface area contributed by atoms with Crippen LogP contribution in [0.4, 0.5) is 5.82 Å². The second-order valence-electron chi connectivity index (χ2n) is 6.94. The summed E-state index contributed by atoms with van der Waals surface area (Å²) in [5.41, 5.74) is 2.15. The van der Waals surface area contributed by atoms with Gasteiger partial charge in [-0.15, -0.1) is 0 Å². The predicted molar refractivity (Wildman–Crippen MR) is 107 cm³/mol. The fourth-order valence-electron chi connectivity index (χ4n) is 3.08. The molecule has 2 aromatic rings. The Bertz CT molecular complexity index is 723. The van der Waals surface area contributed by atoms with E-state index in [1.54, 1.807) is 7.11 Å². The van der Waals surface area contributed by atoms with Crippen LogP contribution in [-0.4, -0.2) is 56.1 Å². The van der Waals surface area contributed by atoms with Crippen LogP contribution in [0.25, 0.3) is 0 Å². The number of hydrogen-bond acceptors (Lipinski definition) is 5. The quantitative estimate of drug-likeness (QED) is 0.811. The number of aromatic nitrogens is 1. The summed E-state index contributed by atoms with van der Waals surface area (Å²) in [4.78, 5) is 21.3. The molecule has 3 rings (SSSR count). The van der Waals surface area contributed by atoms with Crippen LogP contribution in [0, 0.1) is 0 Å². The number of ether oxygens (including phenoxy) is 1. The maximum absolute atomic E-state index is 12.1. The summed E-state index contributed by atoms with van der Waals surface area (Å²) in [6.07, 6.45) is 3.05. The number of aryl methyl sites for hydroxylation is 1. The Morgan fingerprint density at radius 3 is 2.41 bits per heavy atom. The van der Waals surface area contributed by atoms with Gasteiger partial charge in [-0.3, -0.25) is 4.79 Å². The fraction of sp³-hybridized carbons (Fsp3) is 0.429. The highest BCUT2D eigenvalue weighted by atomic mass is 16.5. The number of nitrogens with zero attached hydrogens (tertiary/aromatic N) is 3. The van der Waals surface area contributed by atoms with E-state index in [9.17, 15) is 4.79 Å². The van der Waals surface area contributed by atoms with Crippen LogP contribution < -0.4 is 15.0 Å². The van der Waals surface area contributed by atoms with E-state index in [2.05, 4.69) is 27.1 Å². The van der Waals surface area contributed by atoms with Crippen molar-refractivity contribution in [3.8, 4) is 5.75 Å². The van der Waals surface area contributed by atoms with E-state index in [1.807, 2.05) is 42.6 Å². The van der Waals surface area contributed by atoms with Crippen molar-refractivity contribution in [3.05, 3.63) is 53.7 Å². The van der Waals surface area contributed by atoms with E-state index < -0.39 is 0 Å². The highest BCUT2D eigenvalue weighted by molar-refractivity contribution is 5.76. The summed E-state index contributed by atoms with van der Waals surface area (Å²) in [6, 6.07) is 11.9. The van der Waals surface area contributed by atoms with Crippen molar-refractivity contribution in [1.29, 1.82) is 0 Å². The van der Waals surface area contributed by atoms with Gasteiger partial charge in [-0.2, -0.15) is 0 Å². The lowest BCUT2D eigenvalue weighted by Crippen LogP contribution is -2.44. The van der Waals surface area contributed by atoms with Crippen LogP contribution in [0.5, 0.6) is 5.75 Å². The summed E-state index contributed by atoms with van der Waals surface area (Å²) in [7, 11) is 3.79. The second-order valence-corrected chi connectivity index (χ2v) is 6.94. The van der Waals surface area contributed by atoms with Crippen molar-refractivity contribution in [2.75, 3.05) is 45.2 Å². The number of rotatable bonds is 7. The highest BCUT2D eigenvalue weighted by Gasteiger charge is 2.15. The third-order valence-electron chi connectivity index (χ3n) is 4.93. The molecule has 6 nitrogen and oxygen atoms in total. The first kappa shape index (κ1) is 19.2. The molecule has 1 amide bonds. The Hall–Kier alpha value is -2.60. The average molecular weight is 368 g/mol. The van der Waals surface area contributed by atoms with Gasteiger partial charge in [0.05, 0.1) is 7.11 Å². The first-order valence-corrected chi connectivity index (χ1v) is 9.42. The number of pyridine rings is 1. The molecule has 0 atom stereocenters. The van der Waals surface area contributed by atoms with Crippen LogP contribution in [0.1, 0.15) is 17.5 Å². The number of amides is 1. The molecule has 1 aromatic carbocycles. The van der Waals surface area contributed by atoms with Crippen molar-refractivity contribution in [3.63, 3.8) is 0 Å². The number of piperazine rings is 1. The van der Waals surface area contributed by atoms with Gasteiger partial charge in [0.2, 0.25) is 5.91 Å². The maximum atomic E-state index is 12.1. The zero-order chi connectivity index (χ0) is 19.1. The van der Waals surface area contributed by atoms with E-state index in [4.69, 9.17) is 4.74 Å². The number of nitrogens with one attached hydrogen (secondary N) is 1. The molecule has 1 fully saturated rings. The lowest BCUT2D eigenvalue weighted by Gasteiger charge is -2.33. The summed E-state index contributed by atoms with van der Waals surface area (Å²) in [5.74, 6) is 1.89. The van der Waals surface area contributed by atoms with E-state index in [0.717, 1.165) is 55.3 Å². The SMILES string of the molecule is COc1ccc(CCC(=O)NCc2ccc(N3CCN(C)CC3)nc2)cc1. The minimum atomic E-state index is 0.0500. The van der Waals surface area contributed by atoms with E-state index in [0.29, 0.717) is 13.0 Å². The smallest absolute Gasteiger partial charge is 0.220 e. The Balaban J connectivity index is 1.41. The van der Waals surface area contributed by atoms with Gasteiger partial charge in [0.1, 0.15) is 11.6 Å². The molecule has 6 heteroatoms. The van der Waals surface area contributed by atoms with Gasteiger partial charge >= 0.3 is 0 Å². The van der Waals surface area contributed by atoms with Gasteiger partial charge in [0.15, 0.2) is 0 Å². The van der Waals surface area contributed by atoms with Crippen LogP contribution in [0.2, 0.25) is 0 Å². The topological polar surface area (TPSA) is 57.7 Å². The summed E-state index contributed by atoms with van der Waals surface area (Å²) in [6.45, 7) is 4.65. The zero-order valence-electron chi connectivity index (χ0n) is 16.1. The monoisotopic (exact) mass is 368 g/mol. The third-order valence-corrected chi connectivity index (χ3v) is 4.93. The number of methoxy groups -OCH3 is 1. The molecule has 1 aliphatic rings. The fourth-order valence-corrected chi connectivity index (χ4v) is 3.08. The number of benzene rings is 1. The number of carbonyl (C=O) groups excluding carboxylic acids is 1. The number of anilines is 1. The van der Waals surface area contributed by atoms with Crippen molar-refractivity contribution < 1.29 is 9.53 Å². The lowest BCUT2D eigenvalue weighted by atomic mass is 10.1. The molecule has 1 aromatic heterocycles. The van der Waals surface area contributed by atoms with Gasteiger partial charge in [-0.05, 0) is 42.8 Å². The van der Waals surface area contributed by atoms with E-state index in [1.165, 1.54) is 0 Å². The minimum absolute atomic E-state index is 0.0500. The Labute approximate surface area is 161 Å². The summed E-state index contributed by atoms with van der Waals surface area (Å²) < 4.78 is 5.14. The van der Waals surface area contributed by atoms with Crippen molar-refractivity contribution in [2.24, 2.45) is 0 Å². The van der Waals surface area contributed by atoms with Gasteiger partial charge in [-0.1, -0.05) is 18.2 Å². The van der Waals surface area contributed by atoms with Crippen LogP contribution in [-0.2, 0) is 17.8 Å². The predicted octanol–water partition coefficient (Wildman–Crippen LogP) is 2.09. The van der Waals surface area contributed by atoms with Crippen molar-refractivity contribution in [1.82, 2.24) is 15.2 Å². The summed E-state index contributed by atoms with van der Waals surface area (Å²) >= 11 is 0. The second kappa shape index (κ2) is 9.37. The first-order valence-electron chi connectivity index (χ1n) is 9.42. The normalized spacial score (nSPS) is 14.8. The molecule has 27 heavy (non-hydrogen) atoms. The molecule has 2 heterocycles. The van der Waals surface area contributed by atoms with E-state index >= 15 is 0 Å². The molecule has 1 N–H and O–H groups in total. The molecule has 1 saturated heterocycles. The van der Waals surface area contributed by atoms with Crippen LogP contribution in [0.3, 0.4) is 0 Å². The molecular weight excluding hydrogens is 340 g/mol. The lowest BCUT2D eigenvalue weighted by molar-refractivity contribution is -0.121. The minimum Gasteiger partial charge on any atom is -0.497 e. The molecule has 0 radical (unpaired) electrons. The number of likely N-dealkylation sites (N-methyl/N-ethyl adjacent to an activating group) is 1. The average Bonchev–Trinajstić information content (AvgIpc) is 2.72. The number of carbonyl (C=O) groups is 1. The Kier molecular flexibility index (Phi) is 6.65. The van der Waals surface area contributed by atoms with Gasteiger partial charge in [-0.25, -0.2) is 4.98 Å². The third kappa shape index (κ3) is 5.69. The molecule has 0 saturated carbocycles.